The molecule has 0 bridgehead atoms. The van der Waals surface area contributed by atoms with Gasteiger partial charge in [0.05, 0.1) is 92.0 Å². The maximum absolute atomic E-state index is 14.5. The number of nitrogens with zero attached hydrogens (tertiary/aromatic N) is 12. The van der Waals surface area contributed by atoms with Crippen molar-refractivity contribution in [3.63, 3.8) is 0 Å². The number of anilines is 3. The predicted molar refractivity (Wildman–Crippen MR) is 579 cm³/mol. The molecule has 9 aromatic carbocycles. The third kappa shape index (κ3) is 28.6. The number of carbonyl (C=O) groups is 9. The first-order valence-corrected chi connectivity index (χ1v) is 52.2. The van der Waals surface area contributed by atoms with Crippen molar-refractivity contribution >= 4 is 70.6 Å². The zero-order valence-corrected chi connectivity index (χ0v) is 87.9. The van der Waals surface area contributed by atoms with Crippen LogP contribution in [-0.4, -0.2) is 219 Å². The van der Waals surface area contributed by atoms with Crippen molar-refractivity contribution < 1.29 is 67.9 Å². The van der Waals surface area contributed by atoms with Crippen molar-refractivity contribution in [2.75, 3.05) is 89.3 Å². The average molecular weight is 2030 g/mol. The van der Waals surface area contributed by atoms with Gasteiger partial charge in [-0.25, -0.2) is 28.4 Å². The van der Waals surface area contributed by atoms with Crippen molar-refractivity contribution in [2.24, 2.45) is 0 Å². The minimum absolute atomic E-state index is 0.132. The Hall–Kier alpha value is -15.3. The first-order chi connectivity index (χ1) is 72.3. The highest BCUT2D eigenvalue weighted by Gasteiger charge is 2.38. The van der Waals surface area contributed by atoms with Crippen molar-refractivity contribution in [2.45, 2.75) is 222 Å². The molecule has 12 amide bonds. The van der Waals surface area contributed by atoms with Crippen molar-refractivity contribution in [1.29, 1.82) is 0 Å². The van der Waals surface area contributed by atoms with Crippen LogP contribution in [0.15, 0.2) is 224 Å². The molecular formula is C117H144N18O14. The molecule has 3 aliphatic rings. The normalized spacial score (nSPS) is 14.0. The Morgan fingerprint density at radius 1 is 0.369 bits per heavy atom. The maximum Gasteiger partial charge on any atom is 0.319 e. The van der Waals surface area contributed by atoms with Crippen LogP contribution in [0.3, 0.4) is 0 Å². The fourth-order valence-electron chi connectivity index (χ4n) is 18.8. The van der Waals surface area contributed by atoms with E-state index in [0.29, 0.717) is 164 Å². The summed E-state index contributed by atoms with van der Waals surface area (Å²) in [6, 6.07) is 66.0. The van der Waals surface area contributed by atoms with Crippen LogP contribution >= 0.6 is 0 Å². The van der Waals surface area contributed by atoms with Gasteiger partial charge in [0, 0.05) is 112 Å². The number of hydrogen-bond donors (Lipinski definition) is 9. The molecule has 15 rings (SSSR count). The molecular weight excluding hydrogens is 1880 g/mol. The molecule has 3 aliphatic heterocycles. The minimum atomic E-state index is -0.454. The molecule has 9 N–H and O–H groups in total. The summed E-state index contributed by atoms with van der Waals surface area (Å²) < 4.78 is 15.5. The monoisotopic (exact) mass is 2030 g/mol. The van der Waals surface area contributed by atoms with Gasteiger partial charge in [-0.05, 0) is 221 Å². The number of urea groups is 3. The van der Waals surface area contributed by atoms with E-state index in [1.807, 2.05) is 194 Å². The van der Waals surface area contributed by atoms with Gasteiger partial charge < -0.3 is 86.1 Å². The van der Waals surface area contributed by atoms with Crippen LogP contribution in [-0.2, 0) is 52.0 Å². The number of aliphatic hydroxyl groups excluding tert-OH is 3. The van der Waals surface area contributed by atoms with E-state index in [0.717, 1.165) is 133 Å². The number of ether oxygens (including phenoxy) is 2. The third-order valence-corrected chi connectivity index (χ3v) is 27.4. The number of rotatable bonds is 41. The maximum atomic E-state index is 14.5. The van der Waals surface area contributed by atoms with Crippen molar-refractivity contribution in [3.05, 3.63) is 325 Å². The van der Waals surface area contributed by atoms with Crippen LogP contribution in [0.4, 0.5) is 31.4 Å². The van der Waals surface area contributed by atoms with Crippen molar-refractivity contribution in [3.8, 4) is 28.6 Å². The Balaban J connectivity index is 0.000000186. The number of methoxy groups -OCH3 is 2. The van der Waals surface area contributed by atoms with E-state index >= 15 is 0 Å². The first kappa shape index (κ1) is 111. The zero-order chi connectivity index (χ0) is 106. The van der Waals surface area contributed by atoms with Crippen LogP contribution in [0.25, 0.3) is 17.1 Å². The number of fused-ring (bicyclic) bond motifs is 3. The third-order valence-electron chi connectivity index (χ3n) is 27.4. The number of carbonyl (C=O) groups excluding carboxylic acids is 9. The first-order valence-electron chi connectivity index (χ1n) is 52.2. The second kappa shape index (κ2) is 54.4. The lowest BCUT2D eigenvalue weighted by molar-refractivity contribution is 0.0539. The quantitative estimate of drug-likeness (QED) is 0.0172. The van der Waals surface area contributed by atoms with Gasteiger partial charge in [0.25, 0.3) is 35.4 Å². The highest BCUT2D eigenvalue weighted by Crippen LogP contribution is 2.36. The number of amides is 12. The summed E-state index contributed by atoms with van der Waals surface area (Å²) in [7, 11) is 3.18. The van der Waals surface area contributed by atoms with E-state index in [4.69, 9.17) is 24.8 Å². The van der Waals surface area contributed by atoms with Crippen molar-refractivity contribution in [1.82, 2.24) is 74.7 Å². The average Bonchev–Trinajstić information content (AvgIpc) is 1.76. The molecule has 0 saturated carbocycles. The SMILES string of the molecule is CCCCN(CCCC)C(=O)c1cc(C)n(-c2ccc(NC(=O)NCc3ccc(OC)cc3)cc2C(=O)N2Cc3ccccc3C[C@H]2CO)n1.CCCCN(CCCC)C(=O)c1cc(C)n(-c2ccc(NC(=O)NCc3ccccc3OC)cc2C(=O)N2Cc3ccccc3C[C@H]2CO)n1.CCCCN(CCCC)C(=O)c1cc(C)n(-c2ccc(NC(=O)N[C@@H](C)c3ccccc3)cc2C(=O)N2Cc3ccccc3C[C@H]2CO)n1. The topological polar surface area (TPSA) is 378 Å². The van der Waals surface area contributed by atoms with Crippen LogP contribution in [0.1, 0.15) is 261 Å². The summed E-state index contributed by atoms with van der Waals surface area (Å²) in [5, 5.41) is 62.7. The minimum Gasteiger partial charge on any atom is -0.497 e. The summed E-state index contributed by atoms with van der Waals surface area (Å²) in [6.07, 6.45) is 12.9. The summed E-state index contributed by atoms with van der Waals surface area (Å²) in [6.45, 7) is 24.9. The number of hydrogen-bond acceptors (Lipinski definition) is 17. The van der Waals surface area contributed by atoms with Gasteiger partial charge in [-0.15, -0.1) is 0 Å². The van der Waals surface area contributed by atoms with Crippen LogP contribution in [0.5, 0.6) is 11.5 Å². The molecule has 4 atom stereocenters. The molecule has 0 unspecified atom stereocenters. The molecule has 149 heavy (non-hydrogen) atoms. The van der Waals surface area contributed by atoms with Gasteiger partial charge in [0.15, 0.2) is 17.1 Å². The Labute approximate surface area is 874 Å². The Kier molecular flexibility index (Phi) is 40.5. The number of aromatic nitrogens is 6. The Bertz CT molecular complexity index is 6550. The number of benzene rings is 9. The number of aliphatic hydroxyl groups is 3. The number of aryl methyl sites for hydroxylation is 3. The van der Waals surface area contributed by atoms with Crippen LogP contribution in [0, 0.1) is 20.8 Å². The lowest BCUT2D eigenvalue weighted by Gasteiger charge is -2.36. The predicted octanol–water partition coefficient (Wildman–Crippen LogP) is 18.9. The highest BCUT2D eigenvalue weighted by molar-refractivity contribution is 6.04. The van der Waals surface area contributed by atoms with Gasteiger partial charge in [-0.2, -0.15) is 15.3 Å². The summed E-state index contributed by atoms with van der Waals surface area (Å²) in [4.78, 5) is 134. The Morgan fingerprint density at radius 2 is 0.685 bits per heavy atom. The molecule has 0 radical (unpaired) electrons. The molecule has 32 nitrogen and oxygen atoms in total. The standard InChI is InChI=1S/2C39H48N6O5.C39H48N6O4/c1-5-7-19-43(20-8-6-2)38(48)34-21-27(3)45(42-34)35-18-17-31(41-39(49)40-24-29-14-11-12-16-36(29)50-4)23-33(35)37(47)44-25-30-15-10-9-13-28(30)22-32(44)26-46;1-5-7-19-43(20-8-6-2)38(48)35-21-27(3)45(42-35)36-18-15-31(41-39(49)40-24-28-13-16-33(50-4)17-14-28)23-34(36)37(47)44-25-30-12-10-9-11-29(30)22-32(44)26-46;1-5-7-20-43(21-8-6-2)38(48)35-22-27(3)45(42-35)36-19-18-32(41-39(49)40-28(4)29-14-10-9-11-15-29)24-34(36)37(47)44-25-31-17-13-12-16-30(31)23-33(44)26-46/h2*9-18,21,23,32,46H,5-8,19-20,22,24-26H2,1-4H3,(H2,40,41,49);9-19,22,24,28,33,46H,5-8,20-21,23,25-26H2,1-4H3,(H2,40,41,49)/t2*32-;28-,33-/m000/s1. The van der Waals surface area contributed by atoms with Gasteiger partial charge in [0.2, 0.25) is 0 Å². The summed E-state index contributed by atoms with van der Waals surface area (Å²) in [5.74, 6) is 0.0463. The number of nitrogens with one attached hydrogen (secondary N) is 6. The Morgan fingerprint density at radius 3 is 1.01 bits per heavy atom. The van der Waals surface area contributed by atoms with Gasteiger partial charge >= 0.3 is 18.1 Å². The molecule has 0 spiro atoms. The largest absolute Gasteiger partial charge is 0.497 e. The summed E-state index contributed by atoms with van der Waals surface area (Å²) in [5.41, 5.74) is 15.6. The van der Waals surface area contributed by atoms with E-state index in [9.17, 15) is 58.5 Å². The van der Waals surface area contributed by atoms with Gasteiger partial charge in [-0.1, -0.05) is 214 Å². The van der Waals surface area contributed by atoms with Crippen LogP contribution < -0.4 is 41.4 Å². The molecule has 12 aromatic rings. The molecule has 0 fully saturated rings. The number of unbranched alkanes of at least 4 members (excludes halogenated alkanes) is 6. The van der Waals surface area contributed by atoms with E-state index in [1.54, 1.807) is 116 Å². The second-order valence-corrected chi connectivity index (χ2v) is 38.2. The molecule has 0 aliphatic carbocycles. The lowest BCUT2D eigenvalue weighted by Crippen LogP contribution is -2.46. The van der Waals surface area contributed by atoms with E-state index in [2.05, 4.69) is 73.4 Å². The zero-order valence-electron chi connectivity index (χ0n) is 87.9. The summed E-state index contributed by atoms with van der Waals surface area (Å²) >= 11 is 0. The molecule has 6 heterocycles. The van der Waals surface area contributed by atoms with E-state index < -0.39 is 36.2 Å². The van der Waals surface area contributed by atoms with Crippen LogP contribution in [0.2, 0.25) is 0 Å². The smallest absolute Gasteiger partial charge is 0.319 e. The highest BCUT2D eigenvalue weighted by atomic mass is 16.5. The fourth-order valence-corrected chi connectivity index (χ4v) is 18.8. The molecule has 32 heteroatoms. The van der Waals surface area contributed by atoms with Gasteiger partial charge in [-0.3, -0.25) is 28.8 Å². The molecule has 3 aromatic heterocycles. The van der Waals surface area contributed by atoms with E-state index in [-0.39, 0.29) is 79.0 Å². The molecule has 0 saturated heterocycles. The van der Waals surface area contributed by atoms with E-state index in [1.165, 1.54) is 0 Å². The fraction of sp³-hybridized carbons (Fsp3) is 0.385. The molecule has 786 valence electrons. The second-order valence-electron chi connectivity index (χ2n) is 38.2. The van der Waals surface area contributed by atoms with Gasteiger partial charge in [0.1, 0.15) is 11.5 Å². The lowest BCUT2D eigenvalue weighted by atomic mass is 9.93. The number of para-hydroxylation sites is 1.